The van der Waals surface area contributed by atoms with Crippen molar-refractivity contribution in [1.82, 2.24) is 0 Å². The lowest BCUT2D eigenvalue weighted by Crippen LogP contribution is -2.40. The van der Waals surface area contributed by atoms with Crippen molar-refractivity contribution >= 4 is 34.9 Å². The first-order chi connectivity index (χ1) is 16.0. The second-order valence-electron chi connectivity index (χ2n) is 7.78. The van der Waals surface area contributed by atoms with Crippen molar-refractivity contribution < 1.29 is 23.9 Å². The summed E-state index contributed by atoms with van der Waals surface area (Å²) < 4.78 is 5.27. The summed E-state index contributed by atoms with van der Waals surface area (Å²) in [4.78, 5) is 49.8. The molecule has 7 heteroatoms. The Morgan fingerprint density at radius 3 is 1.76 bits per heavy atom. The van der Waals surface area contributed by atoms with Gasteiger partial charge in [-0.2, -0.15) is 0 Å². The number of ketones is 2. The zero-order valence-electron chi connectivity index (χ0n) is 17.7. The van der Waals surface area contributed by atoms with Crippen molar-refractivity contribution in [3.05, 3.63) is 90.5 Å². The Morgan fingerprint density at radius 1 is 0.697 bits per heavy atom. The van der Waals surface area contributed by atoms with Crippen LogP contribution in [0.3, 0.4) is 0 Å². The fourth-order valence-electron chi connectivity index (χ4n) is 3.82. The smallest absolute Gasteiger partial charge is 0.410 e. The maximum Gasteiger partial charge on any atom is 0.417 e. The number of nitrogens with one attached hydrogen (secondary N) is 2. The standard InChI is InChI=1S/C26H22N2O5/c29-22-15-18(16-23(30)24(22)25(31)27-19-7-3-1-4-8-19)17-11-13-21(14-12-17)33-26(32)28-20-9-5-2-6-10-20/h1-14,18,24H,15-16H2,(H,27,31)(H,28,32). The van der Waals surface area contributed by atoms with Gasteiger partial charge in [0.1, 0.15) is 5.75 Å². The summed E-state index contributed by atoms with van der Waals surface area (Å²) in [6, 6.07) is 24.3. The van der Waals surface area contributed by atoms with Crippen molar-refractivity contribution in [2.45, 2.75) is 18.8 Å². The van der Waals surface area contributed by atoms with Gasteiger partial charge in [0, 0.05) is 24.2 Å². The van der Waals surface area contributed by atoms with Crippen molar-refractivity contribution in [2.24, 2.45) is 5.92 Å². The summed E-state index contributed by atoms with van der Waals surface area (Å²) >= 11 is 0. The molecular formula is C26H22N2O5. The summed E-state index contributed by atoms with van der Waals surface area (Å²) in [5, 5.41) is 5.26. The SMILES string of the molecule is O=C(Nc1ccccc1)Oc1ccc(C2CC(=O)C(C(=O)Nc3ccccc3)C(=O)C2)cc1. The Labute approximate surface area is 190 Å². The summed E-state index contributed by atoms with van der Waals surface area (Å²) in [6.07, 6.45) is -0.440. The lowest BCUT2D eigenvalue weighted by Gasteiger charge is -2.26. The Bertz CT molecular complexity index is 1140. The Morgan fingerprint density at radius 2 is 1.21 bits per heavy atom. The van der Waals surface area contributed by atoms with Crippen LogP contribution in [0.4, 0.5) is 16.2 Å². The zero-order valence-corrected chi connectivity index (χ0v) is 17.7. The van der Waals surface area contributed by atoms with Crippen LogP contribution in [0.15, 0.2) is 84.9 Å². The van der Waals surface area contributed by atoms with Gasteiger partial charge in [0.15, 0.2) is 17.5 Å². The van der Waals surface area contributed by atoms with Crippen molar-refractivity contribution in [1.29, 1.82) is 0 Å². The normalized spacial score (nSPS) is 17.8. The van der Waals surface area contributed by atoms with Gasteiger partial charge in [-0.05, 0) is 47.9 Å². The molecule has 0 aromatic heterocycles. The number of rotatable bonds is 5. The van der Waals surface area contributed by atoms with Gasteiger partial charge in [0.25, 0.3) is 0 Å². The number of amides is 2. The molecule has 0 radical (unpaired) electrons. The van der Waals surface area contributed by atoms with Gasteiger partial charge in [0.2, 0.25) is 5.91 Å². The molecule has 0 heterocycles. The van der Waals surface area contributed by atoms with Gasteiger partial charge in [-0.15, -0.1) is 0 Å². The number of Topliss-reactive ketones (excluding diaryl/α,β-unsaturated/α-hetero) is 2. The molecule has 0 spiro atoms. The predicted molar refractivity (Wildman–Crippen MR) is 123 cm³/mol. The first-order valence-electron chi connectivity index (χ1n) is 10.5. The molecule has 2 amide bonds. The molecular weight excluding hydrogens is 420 g/mol. The summed E-state index contributed by atoms with van der Waals surface area (Å²) in [6.45, 7) is 0. The number of para-hydroxylation sites is 2. The van der Waals surface area contributed by atoms with E-state index in [1.807, 2.05) is 12.1 Å². The third-order valence-electron chi connectivity index (χ3n) is 5.42. The molecule has 2 N–H and O–H groups in total. The second-order valence-corrected chi connectivity index (χ2v) is 7.78. The quantitative estimate of drug-likeness (QED) is 0.564. The van der Waals surface area contributed by atoms with Crippen LogP contribution in [-0.2, 0) is 14.4 Å². The van der Waals surface area contributed by atoms with Crippen molar-refractivity contribution in [3.63, 3.8) is 0 Å². The van der Waals surface area contributed by atoms with E-state index in [0.29, 0.717) is 17.1 Å². The first-order valence-corrected chi connectivity index (χ1v) is 10.5. The van der Waals surface area contributed by atoms with E-state index in [1.54, 1.807) is 72.8 Å². The van der Waals surface area contributed by atoms with Gasteiger partial charge in [0.05, 0.1) is 0 Å². The Balaban J connectivity index is 1.35. The minimum Gasteiger partial charge on any atom is -0.410 e. The molecule has 0 saturated heterocycles. The Kier molecular flexibility index (Phi) is 6.59. The van der Waals surface area contributed by atoms with Crippen LogP contribution in [0.1, 0.15) is 24.3 Å². The molecule has 4 rings (SSSR count). The number of ether oxygens (including phenoxy) is 1. The molecule has 1 aliphatic rings. The molecule has 0 aliphatic heterocycles. The molecule has 1 aliphatic carbocycles. The minimum atomic E-state index is -1.29. The van der Waals surface area contributed by atoms with E-state index in [2.05, 4.69) is 10.6 Å². The topological polar surface area (TPSA) is 102 Å². The average molecular weight is 442 g/mol. The highest BCUT2D eigenvalue weighted by Gasteiger charge is 2.40. The summed E-state index contributed by atoms with van der Waals surface area (Å²) in [5.41, 5.74) is 1.93. The molecule has 166 valence electrons. The Hall–Kier alpha value is -4.26. The number of anilines is 2. The number of hydrogen-bond donors (Lipinski definition) is 2. The van der Waals surface area contributed by atoms with E-state index in [0.717, 1.165) is 5.56 Å². The fraction of sp³-hybridized carbons (Fsp3) is 0.154. The minimum absolute atomic E-state index is 0.0906. The van der Waals surface area contributed by atoms with Gasteiger partial charge in [-0.1, -0.05) is 48.5 Å². The van der Waals surface area contributed by atoms with E-state index in [4.69, 9.17) is 4.74 Å². The van der Waals surface area contributed by atoms with Crippen LogP contribution in [0, 0.1) is 5.92 Å². The molecule has 1 fully saturated rings. The highest BCUT2D eigenvalue weighted by molar-refractivity contribution is 6.23. The van der Waals surface area contributed by atoms with Gasteiger partial charge < -0.3 is 10.1 Å². The predicted octanol–water partition coefficient (Wildman–Crippen LogP) is 4.57. The number of hydrogen-bond acceptors (Lipinski definition) is 5. The van der Waals surface area contributed by atoms with Crippen molar-refractivity contribution in [3.8, 4) is 5.75 Å². The molecule has 0 atom stereocenters. The maximum absolute atomic E-state index is 12.6. The van der Waals surface area contributed by atoms with Crippen molar-refractivity contribution in [2.75, 3.05) is 10.6 Å². The number of benzene rings is 3. The maximum atomic E-state index is 12.6. The summed E-state index contributed by atoms with van der Waals surface area (Å²) in [7, 11) is 0. The number of carbonyl (C=O) groups is 4. The average Bonchev–Trinajstić information content (AvgIpc) is 2.80. The van der Waals surface area contributed by atoms with Crippen LogP contribution in [0.25, 0.3) is 0 Å². The molecule has 3 aromatic carbocycles. The van der Waals surface area contributed by atoms with Crippen LogP contribution in [0.2, 0.25) is 0 Å². The fourth-order valence-corrected chi connectivity index (χ4v) is 3.82. The van der Waals surface area contributed by atoms with E-state index in [1.165, 1.54) is 0 Å². The highest BCUT2D eigenvalue weighted by atomic mass is 16.6. The summed E-state index contributed by atoms with van der Waals surface area (Å²) in [5.74, 6) is -2.66. The third-order valence-corrected chi connectivity index (χ3v) is 5.42. The largest absolute Gasteiger partial charge is 0.417 e. The molecule has 3 aromatic rings. The van der Waals surface area contributed by atoms with Gasteiger partial charge in [-0.25, -0.2) is 4.79 Å². The molecule has 1 saturated carbocycles. The van der Waals surface area contributed by atoms with Crippen LogP contribution in [0.5, 0.6) is 5.75 Å². The molecule has 0 unspecified atom stereocenters. The van der Waals surface area contributed by atoms with E-state index < -0.39 is 29.5 Å². The van der Waals surface area contributed by atoms with Crippen LogP contribution in [-0.4, -0.2) is 23.6 Å². The first kappa shape index (κ1) is 22.0. The highest BCUT2D eigenvalue weighted by Crippen LogP contribution is 2.33. The monoisotopic (exact) mass is 442 g/mol. The third kappa shape index (κ3) is 5.51. The van der Waals surface area contributed by atoms with Crippen LogP contribution < -0.4 is 15.4 Å². The molecule has 33 heavy (non-hydrogen) atoms. The molecule has 7 nitrogen and oxygen atoms in total. The lowest BCUT2D eigenvalue weighted by atomic mass is 9.76. The van der Waals surface area contributed by atoms with E-state index >= 15 is 0 Å². The second kappa shape index (κ2) is 9.91. The zero-order chi connectivity index (χ0) is 23.2. The van der Waals surface area contributed by atoms with Gasteiger partial charge >= 0.3 is 6.09 Å². The molecule has 0 bridgehead atoms. The number of carbonyl (C=O) groups excluding carboxylic acids is 4. The van der Waals surface area contributed by atoms with E-state index in [9.17, 15) is 19.2 Å². The lowest BCUT2D eigenvalue weighted by molar-refractivity contribution is -0.141. The van der Waals surface area contributed by atoms with Crippen LogP contribution >= 0.6 is 0 Å². The van der Waals surface area contributed by atoms with E-state index in [-0.39, 0.29) is 18.8 Å². The van der Waals surface area contributed by atoms with Gasteiger partial charge in [-0.3, -0.25) is 19.7 Å².